The highest BCUT2D eigenvalue weighted by molar-refractivity contribution is 4.95. The summed E-state index contributed by atoms with van der Waals surface area (Å²) in [7, 11) is 0. The summed E-state index contributed by atoms with van der Waals surface area (Å²) in [5.41, 5.74) is 0. The average Bonchev–Trinajstić information content (AvgIpc) is 2.90. The Morgan fingerprint density at radius 1 is 1.29 bits per heavy atom. The summed E-state index contributed by atoms with van der Waals surface area (Å²) in [6, 6.07) is 0. The monoisotopic (exact) mass is 249 g/mol. The maximum atomic E-state index is 10.00. The second kappa shape index (κ2) is 5.15. The quantitative estimate of drug-likeness (QED) is 0.449. The number of rotatable bonds is 4. The molecule has 2 fully saturated rings. The summed E-state index contributed by atoms with van der Waals surface area (Å²) < 4.78 is 5.04. The van der Waals surface area contributed by atoms with Crippen LogP contribution >= 0.6 is 0 Å². The molecule has 2 aliphatic heterocycles. The lowest BCUT2D eigenvalue weighted by molar-refractivity contribution is -0.292. The number of nitrogens with zero attached hydrogens (tertiary/aromatic N) is 1. The lowest BCUT2D eigenvalue weighted by Gasteiger charge is -2.27. The molecular formula is C10H19NO6. The van der Waals surface area contributed by atoms with Gasteiger partial charge >= 0.3 is 0 Å². The van der Waals surface area contributed by atoms with E-state index in [1.165, 1.54) is 0 Å². The largest absolute Gasteiger partial charge is 0.394 e. The molecule has 0 saturated carbocycles. The van der Waals surface area contributed by atoms with Crippen LogP contribution in [0.1, 0.15) is 12.8 Å². The zero-order valence-corrected chi connectivity index (χ0v) is 9.53. The minimum Gasteiger partial charge on any atom is -0.394 e. The van der Waals surface area contributed by atoms with Gasteiger partial charge in [0.25, 0.3) is 0 Å². The highest BCUT2D eigenvalue weighted by Crippen LogP contribution is 2.29. The molecular weight excluding hydrogens is 230 g/mol. The van der Waals surface area contributed by atoms with Crippen LogP contribution in [0, 0.1) is 0 Å². The first-order valence-corrected chi connectivity index (χ1v) is 5.82. The van der Waals surface area contributed by atoms with Crippen LogP contribution in [0.5, 0.6) is 0 Å². The van der Waals surface area contributed by atoms with Crippen molar-refractivity contribution >= 4 is 0 Å². The fourth-order valence-corrected chi connectivity index (χ4v) is 2.14. The van der Waals surface area contributed by atoms with Crippen LogP contribution in [0.3, 0.4) is 0 Å². The third-order valence-corrected chi connectivity index (χ3v) is 3.22. The molecule has 0 unspecified atom stereocenters. The third kappa shape index (κ3) is 2.60. The summed E-state index contributed by atoms with van der Waals surface area (Å²) in [6.45, 7) is 0.822. The van der Waals surface area contributed by atoms with Gasteiger partial charge in [-0.05, 0) is 12.8 Å². The van der Waals surface area contributed by atoms with E-state index in [2.05, 4.69) is 0 Å². The molecule has 0 aromatic rings. The highest BCUT2D eigenvalue weighted by atomic mass is 16.7. The van der Waals surface area contributed by atoms with Crippen molar-refractivity contribution < 1.29 is 30.0 Å². The second-order valence-electron chi connectivity index (χ2n) is 4.53. The van der Waals surface area contributed by atoms with Crippen molar-refractivity contribution in [2.24, 2.45) is 0 Å². The van der Waals surface area contributed by atoms with E-state index in [0.29, 0.717) is 0 Å². The molecule has 2 rings (SSSR count). The number of aliphatic hydroxyl groups is 4. The number of hydrogen-bond donors (Lipinski definition) is 4. The predicted molar refractivity (Wildman–Crippen MR) is 55.7 cm³/mol. The molecule has 2 heterocycles. The van der Waals surface area contributed by atoms with Gasteiger partial charge in [-0.15, -0.1) is 0 Å². The van der Waals surface area contributed by atoms with Crippen LogP contribution in [0.2, 0.25) is 0 Å². The van der Waals surface area contributed by atoms with E-state index in [1.54, 1.807) is 5.06 Å². The van der Waals surface area contributed by atoms with E-state index in [1.807, 2.05) is 0 Å². The molecule has 4 atom stereocenters. The molecule has 0 aromatic carbocycles. The second-order valence-corrected chi connectivity index (χ2v) is 4.53. The Hall–Kier alpha value is -0.280. The molecule has 0 radical (unpaired) electrons. The molecule has 0 spiro atoms. The first kappa shape index (κ1) is 13.2. The maximum absolute atomic E-state index is 10.00. The summed E-state index contributed by atoms with van der Waals surface area (Å²) in [5.74, 6) is -1.96. The number of ether oxygens (including phenoxy) is 1. The molecule has 0 aliphatic carbocycles. The topological polar surface area (TPSA) is 103 Å². The van der Waals surface area contributed by atoms with Gasteiger partial charge in [0.05, 0.1) is 6.61 Å². The molecule has 2 aliphatic rings. The van der Waals surface area contributed by atoms with E-state index >= 15 is 0 Å². The number of hydrogen-bond acceptors (Lipinski definition) is 7. The number of aliphatic hydroxyl groups excluding tert-OH is 3. The van der Waals surface area contributed by atoms with Crippen LogP contribution in [0.4, 0.5) is 0 Å². The van der Waals surface area contributed by atoms with Gasteiger partial charge in [-0.3, -0.25) is 4.84 Å². The van der Waals surface area contributed by atoms with E-state index in [-0.39, 0.29) is 6.61 Å². The Kier molecular flexibility index (Phi) is 3.99. The lowest BCUT2D eigenvalue weighted by atomic mass is 10.1. The summed E-state index contributed by atoms with van der Waals surface area (Å²) in [6.07, 6.45) is -1.72. The Morgan fingerprint density at radius 3 is 2.47 bits per heavy atom. The predicted octanol–water partition coefficient (Wildman–Crippen LogP) is -2.18. The van der Waals surface area contributed by atoms with Crippen LogP contribution < -0.4 is 0 Å². The van der Waals surface area contributed by atoms with E-state index in [0.717, 1.165) is 25.9 Å². The van der Waals surface area contributed by atoms with Crippen LogP contribution in [-0.2, 0) is 9.57 Å². The first-order chi connectivity index (χ1) is 8.07. The van der Waals surface area contributed by atoms with Gasteiger partial charge in [0, 0.05) is 13.1 Å². The Morgan fingerprint density at radius 2 is 1.94 bits per heavy atom. The van der Waals surface area contributed by atoms with Crippen molar-refractivity contribution in [3.05, 3.63) is 0 Å². The van der Waals surface area contributed by atoms with Gasteiger partial charge < -0.3 is 25.2 Å². The molecule has 7 heteroatoms. The van der Waals surface area contributed by atoms with Gasteiger partial charge in [-0.1, -0.05) is 0 Å². The van der Waals surface area contributed by atoms with Crippen molar-refractivity contribution in [3.63, 3.8) is 0 Å². The van der Waals surface area contributed by atoms with Gasteiger partial charge in [0.15, 0.2) is 0 Å². The molecule has 0 amide bonds. The highest BCUT2D eigenvalue weighted by Gasteiger charge is 2.53. The third-order valence-electron chi connectivity index (χ3n) is 3.22. The first-order valence-electron chi connectivity index (χ1n) is 5.82. The fourth-order valence-electron chi connectivity index (χ4n) is 2.14. The van der Waals surface area contributed by atoms with Gasteiger partial charge in [-0.25, -0.2) is 0 Å². The Labute approximate surface area is 99.1 Å². The Bertz CT molecular complexity index is 259. The zero-order chi connectivity index (χ0) is 12.5. The van der Waals surface area contributed by atoms with Crippen molar-refractivity contribution in [2.75, 3.05) is 26.3 Å². The van der Waals surface area contributed by atoms with E-state index in [9.17, 15) is 15.3 Å². The van der Waals surface area contributed by atoms with E-state index in [4.69, 9.17) is 14.7 Å². The molecule has 0 bridgehead atoms. The average molecular weight is 249 g/mol. The van der Waals surface area contributed by atoms with E-state index < -0.39 is 30.7 Å². The standard InChI is InChI=1S/C10H19NO6/c12-5-7-8(13)9(14)10(15,17-7)6-16-11-3-1-2-4-11/h7-9,12-15H,1-6H2/t7-,8+,9-,10+/m0/s1. The fraction of sp³-hybridized carbons (Fsp3) is 1.00. The van der Waals surface area contributed by atoms with Crippen molar-refractivity contribution in [1.82, 2.24) is 5.06 Å². The molecule has 0 aromatic heterocycles. The molecule has 17 heavy (non-hydrogen) atoms. The SMILES string of the molecule is OC[C@@H]1O[C@](O)(CON2CCCC2)[C@@H](O)[C@@H]1O. The molecule has 100 valence electrons. The normalized spacial score (nSPS) is 43.4. The van der Waals surface area contributed by atoms with Crippen LogP contribution in [0.15, 0.2) is 0 Å². The summed E-state index contributed by atoms with van der Waals surface area (Å²) >= 11 is 0. The van der Waals surface area contributed by atoms with Crippen molar-refractivity contribution in [3.8, 4) is 0 Å². The van der Waals surface area contributed by atoms with Gasteiger partial charge in [0.2, 0.25) is 5.79 Å². The van der Waals surface area contributed by atoms with Crippen LogP contribution in [-0.4, -0.2) is 75.9 Å². The maximum Gasteiger partial charge on any atom is 0.221 e. The Balaban J connectivity index is 1.89. The minimum atomic E-state index is -1.96. The zero-order valence-electron chi connectivity index (χ0n) is 9.53. The molecule has 7 nitrogen and oxygen atoms in total. The summed E-state index contributed by atoms with van der Waals surface area (Å²) in [4.78, 5) is 5.31. The lowest BCUT2D eigenvalue weighted by Crippen LogP contribution is -2.48. The molecule has 2 saturated heterocycles. The minimum absolute atomic E-state index is 0.262. The van der Waals surface area contributed by atoms with Crippen LogP contribution in [0.25, 0.3) is 0 Å². The van der Waals surface area contributed by atoms with Crippen molar-refractivity contribution in [1.29, 1.82) is 0 Å². The number of hydroxylamine groups is 2. The van der Waals surface area contributed by atoms with Crippen molar-refractivity contribution in [2.45, 2.75) is 36.9 Å². The van der Waals surface area contributed by atoms with Gasteiger partial charge in [-0.2, -0.15) is 5.06 Å². The smallest absolute Gasteiger partial charge is 0.221 e. The summed E-state index contributed by atoms with van der Waals surface area (Å²) in [5, 5.41) is 39.8. The van der Waals surface area contributed by atoms with Gasteiger partial charge in [0.1, 0.15) is 24.9 Å². The molecule has 4 N–H and O–H groups in total.